The van der Waals surface area contributed by atoms with E-state index < -0.39 is 0 Å². The van der Waals surface area contributed by atoms with Gasteiger partial charge in [0.05, 0.1) is 0 Å². The summed E-state index contributed by atoms with van der Waals surface area (Å²) in [7, 11) is 0. The summed E-state index contributed by atoms with van der Waals surface area (Å²) in [5, 5.41) is 9.41. The molecule has 8 rings (SSSR count). The van der Waals surface area contributed by atoms with Gasteiger partial charge in [0.2, 0.25) is 0 Å². The molecule has 0 saturated heterocycles. The summed E-state index contributed by atoms with van der Waals surface area (Å²) < 4.78 is 0. The van der Waals surface area contributed by atoms with Gasteiger partial charge in [0.1, 0.15) is 0 Å². The lowest BCUT2D eigenvalue weighted by molar-refractivity contribution is 1.68. The highest BCUT2D eigenvalue weighted by atomic mass is 32.1. The molecule has 0 bridgehead atoms. The molecule has 0 aliphatic rings. The van der Waals surface area contributed by atoms with Gasteiger partial charge in [-0.3, -0.25) is 0 Å². The van der Waals surface area contributed by atoms with Crippen LogP contribution in [0.2, 0.25) is 0 Å². The number of benzene rings is 4. The van der Waals surface area contributed by atoms with Gasteiger partial charge in [-0.15, -0.1) is 45.3 Å². The first-order chi connectivity index (χ1) is 19.8. The molecule has 40 heavy (non-hydrogen) atoms. The lowest BCUT2D eigenvalue weighted by Crippen LogP contribution is -1.85. The van der Waals surface area contributed by atoms with E-state index in [1.807, 2.05) is 22.7 Å². The average molecular weight is 583 g/mol. The van der Waals surface area contributed by atoms with E-state index in [0.29, 0.717) is 0 Å². The van der Waals surface area contributed by atoms with Crippen LogP contribution in [0.1, 0.15) is 0 Å². The smallest absolute Gasteiger partial charge is 0.0449 e. The molecule has 0 nitrogen and oxygen atoms in total. The SMILES string of the molecule is c1csc(-c2ccc(-c3ccc4c(-c5cccc6cc(-c7ccc(-c8cccs8)s7)ccc56)cccc4c3)s2)c1. The summed E-state index contributed by atoms with van der Waals surface area (Å²) in [5.41, 5.74) is 5.11. The summed E-state index contributed by atoms with van der Waals surface area (Å²) in [6.45, 7) is 0. The molecule has 8 aromatic rings. The second-order valence-electron chi connectivity index (χ2n) is 9.77. The largest absolute Gasteiger partial charge is 0.143 e. The molecule has 0 N–H and O–H groups in total. The topological polar surface area (TPSA) is 0 Å². The van der Waals surface area contributed by atoms with Gasteiger partial charge >= 0.3 is 0 Å². The Morgan fingerprint density at radius 2 is 0.825 bits per heavy atom. The number of thiophene rings is 4. The molecular formula is C36H22S4. The van der Waals surface area contributed by atoms with Crippen LogP contribution in [0.4, 0.5) is 0 Å². The molecule has 0 saturated carbocycles. The van der Waals surface area contributed by atoms with Crippen LogP contribution in [-0.2, 0) is 0 Å². The third kappa shape index (κ3) is 4.25. The van der Waals surface area contributed by atoms with Gasteiger partial charge in [0.25, 0.3) is 0 Å². The van der Waals surface area contributed by atoms with Crippen molar-refractivity contribution in [2.45, 2.75) is 0 Å². The average Bonchev–Trinajstić information content (AvgIpc) is 3.82. The molecule has 4 aromatic carbocycles. The van der Waals surface area contributed by atoms with E-state index in [4.69, 9.17) is 0 Å². The van der Waals surface area contributed by atoms with Gasteiger partial charge in [-0.25, -0.2) is 0 Å². The first-order valence-corrected chi connectivity index (χ1v) is 16.5. The minimum atomic E-state index is 1.27. The number of rotatable bonds is 5. The fourth-order valence-corrected chi connectivity index (χ4v) is 9.11. The molecule has 4 heteroatoms. The van der Waals surface area contributed by atoms with Crippen molar-refractivity contribution in [3.05, 3.63) is 132 Å². The van der Waals surface area contributed by atoms with Crippen molar-refractivity contribution in [3.8, 4) is 51.5 Å². The van der Waals surface area contributed by atoms with Gasteiger partial charge in [0, 0.05) is 29.3 Å². The number of hydrogen-bond donors (Lipinski definition) is 0. The van der Waals surface area contributed by atoms with E-state index in [0.717, 1.165) is 0 Å². The monoisotopic (exact) mass is 582 g/mol. The predicted molar refractivity (Wildman–Crippen MR) is 180 cm³/mol. The molecule has 0 aliphatic carbocycles. The zero-order valence-electron chi connectivity index (χ0n) is 21.3. The van der Waals surface area contributed by atoms with Crippen LogP contribution in [0.3, 0.4) is 0 Å². The summed E-state index contributed by atoms with van der Waals surface area (Å²) in [5.74, 6) is 0. The Hall–Kier alpha value is -3.80. The molecule has 0 unspecified atom stereocenters. The highest BCUT2D eigenvalue weighted by Gasteiger charge is 2.12. The highest BCUT2D eigenvalue weighted by Crippen LogP contribution is 2.41. The van der Waals surface area contributed by atoms with Crippen LogP contribution >= 0.6 is 45.3 Å². The number of hydrogen-bond acceptors (Lipinski definition) is 4. The Labute approximate surface area is 249 Å². The van der Waals surface area contributed by atoms with Crippen LogP contribution in [0.25, 0.3) is 73.1 Å². The van der Waals surface area contributed by atoms with Crippen molar-refractivity contribution in [2.24, 2.45) is 0 Å². The fraction of sp³-hybridized carbons (Fsp3) is 0. The maximum Gasteiger partial charge on any atom is 0.0449 e. The standard InChI is InChI=1S/C36H22S4/c1-5-23-21-25(31-15-17-35(39-31)33-9-3-19-37-33)11-13-27(23)29(7-1)30-8-2-6-24-22-26(12-14-28(24)30)32-16-18-36(40-32)34-10-4-20-38-34/h1-22H. The molecule has 0 spiro atoms. The Kier molecular flexibility index (Phi) is 6.00. The third-order valence-electron chi connectivity index (χ3n) is 7.36. The van der Waals surface area contributed by atoms with Gasteiger partial charge in [-0.05, 0) is 103 Å². The van der Waals surface area contributed by atoms with Gasteiger partial charge in [-0.2, -0.15) is 0 Å². The molecule has 0 amide bonds. The summed E-state index contributed by atoms with van der Waals surface area (Å²) in [4.78, 5) is 7.95. The van der Waals surface area contributed by atoms with Gasteiger partial charge in [-0.1, -0.05) is 72.8 Å². The second-order valence-corrected chi connectivity index (χ2v) is 13.8. The van der Waals surface area contributed by atoms with E-state index in [-0.39, 0.29) is 0 Å². The zero-order valence-corrected chi connectivity index (χ0v) is 24.6. The Morgan fingerprint density at radius 1 is 0.350 bits per heavy atom. The van der Waals surface area contributed by atoms with Crippen LogP contribution in [-0.4, -0.2) is 0 Å². The summed E-state index contributed by atoms with van der Waals surface area (Å²) in [6.07, 6.45) is 0. The molecular weight excluding hydrogens is 561 g/mol. The molecule has 0 aliphatic heterocycles. The molecule has 4 aromatic heterocycles. The zero-order chi connectivity index (χ0) is 26.5. The molecule has 0 radical (unpaired) electrons. The van der Waals surface area contributed by atoms with Crippen LogP contribution in [0.15, 0.2) is 132 Å². The van der Waals surface area contributed by atoms with Crippen molar-refractivity contribution in [1.82, 2.24) is 0 Å². The first kappa shape index (κ1) is 24.0. The van der Waals surface area contributed by atoms with Crippen molar-refractivity contribution < 1.29 is 0 Å². The Bertz CT molecular complexity index is 1950. The Morgan fingerprint density at radius 3 is 1.27 bits per heavy atom. The van der Waals surface area contributed by atoms with Crippen molar-refractivity contribution in [1.29, 1.82) is 0 Å². The molecule has 0 fully saturated rings. The number of fused-ring (bicyclic) bond motifs is 2. The lowest BCUT2D eigenvalue weighted by Gasteiger charge is -2.12. The first-order valence-electron chi connectivity index (χ1n) is 13.1. The van der Waals surface area contributed by atoms with E-state index in [1.165, 1.54) is 73.1 Å². The van der Waals surface area contributed by atoms with Gasteiger partial charge in [0.15, 0.2) is 0 Å². The molecule has 0 atom stereocenters. The van der Waals surface area contributed by atoms with Crippen molar-refractivity contribution >= 4 is 66.9 Å². The third-order valence-corrected chi connectivity index (χ3v) is 11.8. The van der Waals surface area contributed by atoms with E-state index >= 15 is 0 Å². The minimum absolute atomic E-state index is 1.27. The normalized spacial score (nSPS) is 11.5. The maximum atomic E-state index is 2.34. The summed E-state index contributed by atoms with van der Waals surface area (Å²) >= 11 is 7.33. The Balaban J connectivity index is 1.17. The van der Waals surface area contributed by atoms with Crippen LogP contribution in [0.5, 0.6) is 0 Å². The second kappa shape index (κ2) is 9.99. The fourth-order valence-electron chi connectivity index (χ4n) is 5.43. The molecule has 4 heterocycles. The predicted octanol–water partition coefficient (Wildman–Crippen LogP) is 12.6. The van der Waals surface area contributed by atoms with Crippen molar-refractivity contribution in [2.75, 3.05) is 0 Å². The highest BCUT2D eigenvalue weighted by molar-refractivity contribution is 7.23. The van der Waals surface area contributed by atoms with Crippen LogP contribution in [0, 0.1) is 0 Å². The van der Waals surface area contributed by atoms with Crippen LogP contribution < -0.4 is 0 Å². The van der Waals surface area contributed by atoms with Gasteiger partial charge < -0.3 is 0 Å². The minimum Gasteiger partial charge on any atom is -0.143 e. The van der Waals surface area contributed by atoms with Crippen molar-refractivity contribution in [3.63, 3.8) is 0 Å². The quantitative estimate of drug-likeness (QED) is 0.189. The maximum absolute atomic E-state index is 2.34. The van der Waals surface area contributed by atoms with E-state index in [2.05, 4.69) is 132 Å². The van der Waals surface area contributed by atoms with E-state index in [9.17, 15) is 0 Å². The van der Waals surface area contributed by atoms with E-state index in [1.54, 1.807) is 22.7 Å². The summed E-state index contributed by atoms with van der Waals surface area (Å²) in [6, 6.07) is 44.9. The molecule has 190 valence electrons. The lowest BCUT2D eigenvalue weighted by atomic mass is 9.92.